The van der Waals surface area contributed by atoms with E-state index in [1.54, 1.807) is 24.2 Å². The third kappa shape index (κ3) is 3.69. The van der Waals surface area contributed by atoms with E-state index >= 15 is 0 Å². The molecule has 3 atom stereocenters. The quantitative estimate of drug-likeness (QED) is 0.903. The summed E-state index contributed by atoms with van der Waals surface area (Å²) in [5, 5.41) is 4.93. The Bertz CT molecular complexity index is 529. The molecule has 2 aromatic rings. The molecule has 1 aromatic carbocycles. The van der Waals surface area contributed by atoms with Crippen LogP contribution in [0.2, 0.25) is 0 Å². The normalized spacial score (nSPS) is 25.9. The van der Waals surface area contributed by atoms with Crippen molar-refractivity contribution in [1.29, 1.82) is 0 Å². The summed E-state index contributed by atoms with van der Waals surface area (Å²) in [4.78, 5) is 4.27. The van der Waals surface area contributed by atoms with Gasteiger partial charge in [0.05, 0.1) is 6.20 Å². The lowest BCUT2D eigenvalue weighted by Crippen LogP contribution is -2.42. The molecule has 1 aromatic heterocycles. The van der Waals surface area contributed by atoms with E-state index < -0.39 is 0 Å². The van der Waals surface area contributed by atoms with Gasteiger partial charge in [0.1, 0.15) is 6.26 Å². The highest BCUT2D eigenvalue weighted by atomic mass is 32.2. The Kier molecular flexibility index (Phi) is 4.99. The van der Waals surface area contributed by atoms with E-state index in [1.807, 2.05) is 0 Å². The standard InChI is InChI=1S/C17H22N2OS/c1-2-18-15-9-8-14(13-6-4-3-5-7-13)12-16(15)21-17-19-10-11-20-17/h3-7,10-11,14-16,18H,2,8-9,12H2,1H3. The predicted molar refractivity (Wildman–Crippen MR) is 86.6 cm³/mol. The second kappa shape index (κ2) is 7.14. The number of hydrogen-bond acceptors (Lipinski definition) is 4. The van der Waals surface area contributed by atoms with Crippen molar-refractivity contribution in [3.05, 3.63) is 48.4 Å². The maximum absolute atomic E-state index is 5.43. The van der Waals surface area contributed by atoms with Gasteiger partial charge in [-0.25, -0.2) is 4.98 Å². The minimum atomic E-state index is 0.516. The summed E-state index contributed by atoms with van der Waals surface area (Å²) in [5.74, 6) is 0.647. The molecule has 1 fully saturated rings. The zero-order valence-electron chi connectivity index (χ0n) is 12.4. The van der Waals surface area contributed by atoms with Gasteiger partial charge in [0.15, 0.2) is 0 Å². The summed E-state index contributed by atoms with van der Waals surface area (Å²) in [6.45, 7) is 3.19. The van der Waals surface area contributed by atoms with Gasteiger partial charge in [0, 0.05) is 11.3 Å². The van der Waals surface area contributed by atoms with Crippen LogP contribution in [0.5, 0.6) is 0 Å². The topological polar surface area (TPSA) is 38.1 Å². The number of benzene rings is 1. The number of aromatic nitrogens is 1. The van der Waals surface area contributed by atoms with E-state index in [9.17, 15) is 0 Å². The number of oxazole rings is 1. The Morgan fingerprint density at radius 1 is 1.29 bits per heavy atom. The molecule has 21 heavy (non-hydrogen) atoms. The van der Waals surface area contributed by atoms with Crippen LogP contribution in [0.15, 0.2) is 52.4 Å². The second-order valence-electron chi connectivity index (χ2n) is 5.54. The number of thioether (sulfide) groups is 1. The molecule has 0 bridgehead atoms. The average molecular weight is 302 g/mol. The highest BCUT2D eigenvalue weighted by molar-refractivity contribution is 7.99. The monoisotopic (exact) mass is 302 g/mol. The Labute approximate surface area is 130 Å². The lowest BCUT2D eigenvalue weighted by atomic mass is 9.81. The molecular formula is C17H22N2OS. The van der Waals surface area contributed by atoms with E-state index in [-0.39, 0.29) is 0 Å². The van der Waals surface area contributed by atoms with E-state index in [1.165, 1.54) is 24.8 Å². The van der Waals surface area contributed by atoms with E-state index in [0.29, 0.717) is 17.2 Å². The summed E-state index contributed by atoms with van der Waals surface area (Å²) in [6.07, 6.45) is 7.02. The molecule has 0 radical (unpaired) electrons. The first-order valence-electron chi connectivity index (χ1n) is 7.71. The third-order valence-corrected chi connectivity index (χ3v) is 5.42. The molecule has 4 heteroatoms. The van der Waals surface area contributed by atoms with Crippen molar-refractivity contribution in [3.8, 4) is 0 Å². The molecule has 0 saturated heterocycles. The van der Waals surface area contributed by atoms with Crippen LogP contribution in [0.1, 0.15) is 37.7 Å². The maximum Gasteiger partial charge on any atom is 0.255 e. The Hall–Kier alpha value is -1.26. The van der Waals surface area contributed by atoms with Crippen molar-refractivity contribution in [2.45, 2.75) is 48.6 Å². The van der Waals surface area contributed by atoms with E-state index in [4.69, 9.17) is 4.42 Å². The maximum atomic E-state index is 5.43. The van der Waals surface area contributed by atoms with Crippen LogP contribution in [-0.4, -0.2) is 22.8 Å². The molecular weight excluding hydrogens is 280 g/mol. The van der Waals surface area contributed by atoms with Crippen molar-refractivity contribution in [1.82, 2.24) is 10.3 Å². The molecule has 1 saturated carbocycles. The Morgan fingerprint density at radius 3 is 2.86 bits per heavy atom. The van der Waals surface area contributed by atoms with Crippen LogP contribution in [-0.2, 0) is 0 Å². The van der Waals surface area contributed by atoms with Gasteiger partial charge in [0.25, 0.3) is 5.22 Å². The number of nitrogens with zero attached hydrogens (tertiary/aromatic N) is 1. The van der Waals surface area contributed by atoms with Crippen LogP contribution < -0.4 is 5.32 Å². The van der Waals surface area contributed by atoms with Gasteiger partial charge in [-0.2, -0.15) is 0 Å². The van der Waals surface area contributed by atoms with Crippen LogP contribution in [0.4, 0.5) is 0 Å². The fourth-order valence-electron chi connectivity index (χ4n) is 3.18. The van der Waals surface area contributed by atoms with Gasteiger partial charge in [-0.05, 0) is 37.3 Å². The molecule has 1 heterocycles. The molecule has 1 N–H and O–H groups in total. The van der Waals surface area contributed by atoms with Crippen molar-refractivity contribution in [2.24, 2.45) is 0 Å². The summed E-state index contributed by atoms with van der Waals surface area (Å²) < 4.78 is 5.43. The molecule has 0 amide bonds. The largest absolute Gasteiger partial charge is 0.440 e. The third-order valence-electron chi connectivity index (χ3n) is 4.19. The van der Waals surface area contributed by atoms with E-state index in [2.05, 4.69) is 47.6 Å². The summed E-state index contributed by atoms with van der Waals surface area (Å²) in [5.41, 5.74) is 1.46. The highest BCUT2D eigenvalue weighted by Gasteiger charge is 2.32. The number of rotatable bonds is 5. The predicted octanol–water partition coefficient (Wildman–Crippen LogP) is 4.08. The van der Waals surface area contributed by atoms with Gasteiger partial charge in [-0.15, -0.1) is 0 Å². The summed E-state index contributed by atoms with van der Waals surface area (Å²) in [7, 11) is 0. The molecule has 0 spiro atoms. The van der Waals surface area contributed by atoms with E-state index in [0.717, 1.165) is 11.8 Å². The second-order valence-corrected chi connectivity index (χ2v) is 6.73. The molecule has 112 valence electrons. The van der Waals surface area contributed by atoms with Crippen LogP contribution in [0.25, 0.3) is 0 Å². The van der Waals surface area contributed by atoms with Gasteiger partial charge >= 0.3 is 0 Å². The molecule has 0 aliphatic heterocycles. The van der Waals surface area contributed by atoms with Crippen LogP contribution in [0.3, 0.4) is 0 Å². The van der Waals surface area contributed by atoms with Crippen LogP contribution >= 0.6 is 11.8 Å². The first-order valence-corrected chi connectivity index (χ1v) is 8.59. The fourth-order valence-corrected chi connectivity index (χ4v) is 4.40. The lowest BCUT2D eigenvalue weighted by molar-refractivity contribution is 0.354. The van der Waals surface area contributed by atoms with Crippen molar-refractivity contribution in [2.75, 3.05) is 6.54 Å². The number of hydrogen-bond donors (Lipinski definition) is 1. The van der Waals surface area contributed by atoms with Gasteiger partial charge < -0.3 is 9.73 Å². The van der Waals surface area contributed by atoms with Gasteiger partial charge in [0.2, 0.25) is 0 Å². The lowest BCUT2D eigenvalue weighted by Gasteiger charge is -2.35. The highest BCUT2D eigenvalue weighted by Crippen LogP contribution is 2.40. The Morgan fingerprint density at radius 2 is 2.14 bits per heavy atom. The van der Waals surface area contributed by atoms with Gasteiger partial charge in [-0.1, -0.05) is 49.0 Å². The SMILES string of the molecule is CCNC1CCC(c2ccccc2)CC1Sc1ncco1. The smallest absolute Gasteiger partial charge is 0.255 e. The Balaban J connectivity index is 1.72. The zero-order chi connectivity index (χ0) is 14.5. The molecule has 3 unspecified atom stereocenters. The minimum Gasteiger partial charge on any atom is -0.440 e. The first-order chi connectivity index (χ1) is 10.4. The van der Waals surface area contributed by atoms with Crippen molar-refractivity contribution < 1.29 is 4.42 Å². The first kappa shape index (κ1) is 14.7. The molecule has 3 nitrogen and oxygen atoms in total. The molecule has 1 aliphatic rings. The summed E-state index contributed by atoms with van der Waals surface area (Å²) >= 11 is 1.78. The van der Waals surface area contributed by atoms with Gasteiger partial charge in [-0.3, -0.25) is 0 Å². The van der Waals surface area contributed by atoms with Crippen molar-refractivity contribution >= 4 is 11.8 Å². The fraction of sp³-hybridized carbons (Fsp3) is 0.471. The van der Waals surface area contributed by atoms with Crippen LogP contribution in [0, 0.1) is 0 Å². The van der Waals surface area contributed by atoms with Crippen molar-refractivity contribution in [3.63, 3.8) is 0 Å². The molecule has 3 rings (SSSR count). The molecule has 1 aliphatic carbocycles. The minimum absolute atomic E-state index is 0.516. The zero-order valence-corrected chi connectivity index (χ0v) is 13.2. The average Bonchev–Trinajstić information content (AvgIpc) is 3.03. The summed E-state index contributed by atoms with van der Waals surface area (Å²) in [6, 6.07) is 11.4. The number of nitrogens with one attached hydrogen (secondary N) is 1.